The van der Waals surface area contributed by atoms with Crippen LogP contribution in [0.2, 0.25) is 5.02 Å². The third kappa shape index (κ3) is 5.33. The fourth-order valence-corrected chi connectivity index (χ4v) is 4.00. The lowest BCUT2D eigenvalue weighted by Crippen LogP contribution is -2.33. The summed E-state index contributed by atoms with van der Waals surface area (Å²) in [6.45, 7) is 3.11. The molecule has 0 heterocycles. The minimum Gasteiger partial charge on any atom is -0.313 e. The smallest absolute Gasteiger partial charge is 0.0438 e. The fraction of sp³-hybridized carbons (Fsp3) is 0.294. The van der Waals surface area contributed by atoms with E-state index in [9.17, 15) is 0 Å². The maximum atomic E-state index is 6.27. The summed E-state index contributed by atoms with van der Waals surface area (Å²) in [6, 6.07) is 16.8. The molecule has 0 aliphatic heterocycles. The molecule has 1 nitrogen and oxygen atoms in total. The topological polar surface area (TPSA) is 12.0 Å². The van der Waals surface area contributed by atoms with Crippen molar-refractivity contribution in [3.8, 4) is 0 Å². The van der Waals surface area contributed by atoms with Crippen LogP contribution in [0.15, 0.2) is 57.9 Å². The Kier molecular flexibility index (Phi) is 7.11. The molecule has 2 rings (SSSR count). The summed E-state index contributed by atoms with van der Waals surface area (Å²) in [5.41, 5.74) is 1.21. The molecule has 1 atom stereocenters. The summed E-state index contributed by atoms with van der Waals surface area (Å²) in [5.74, 6) is 1.02. The molecule has 2 aromatic rings. The molecule has 21 heavy (non-hydrogen) atoms. The molecule has 0 fully saturated rings. The highest BCUT2D eigenvalue weighted by Gasteiger charge is 2.12. The van der Waals surface area contributed by atoms with Gasteiger partial charge in [-0.05, 0) is 52.7 Å². The zero-order valence-electron chi connectivity index (χ0n) is 12.0. The van der Waals surface area contributed by atoms with E-state index in [1.54, 1.807) is 0 Å². The normalized spacial score (nSPS) is 12.3. The van der Waals surface area contributed by atoms with Crippen molar-refractivity contribution in [1.29, 1.82) is 0 Å². The van der Waals surface area contributed by atoms with E-state index in [-0.39, 0.29) is 0 Å². The summed E-state index contributed by atoms with van der Waals surface area (Å²) < 4.78 is 1.16. The molecule has 2 aromatic carbocycles. The molecule has 0 bridgehead atoms. The van der Waals surface area contributed by atoms with Crippen molar-refractivity contribution in [3.05, 3.63) is 63.6 Å². The largest absolute Gasteiger partial charge is 0.313 e. The predicted octanol–water partition coefficient (Wildman–Crippen LogP) is 5.42. The molecule has 0 aliphatic rings. The molecule has 0 saturated carbocycles. The number of halogens is 2. The van der Waals surface area contributed by atoms with Crippen LogP contribution >= 0.6 is 39.3 Å². The molecular formula is C17H19BrClNS. The van der Waals surface area contributed by atoms with Crippen molar-refractivity contribution in [1.82, 2.24) is 5.32 Å². The third-order valence-corrected chi connectivity index (χ3v) is 5.75. The van der Waals surface area contributed by atoms with Gasteiger partial charge in [-0.1, -0.05) is 48.9 Å². The van der Waals surface area contributed by atoms with Gasteiger partial charge >= 0.3 is 0 Å². The third-order valence-electron chi connectivity index (χ3n) is 3.19. The van der Waals surface area contributed by atoms with Crippen LogP contribution in [0.4, 0.5) is 0 Å². The van der Waals surface area contributed by atoms with Gasteiger partial charge in [0.1, 0.15) is 0 Å². The Labute approximate surface area is 144 Å². The zero-order chi connectivity index (χ0) is 15.1. The summed E-state index contributed by atoms with van der Waals surface area (Å²) in [5, 5.41) is 4.41. The number of hydrogen-bond donors (Lipinski definition) is 1. The van der Waals surface area contributed by atoms with Gasteiger partial charge < -0.3 is 5.32 Å². The maximum absolute atomic E-state index is 6.27. The second-order valence-electron chi connectivity index (χ2n) is 4.79. The molecule has 0 saturated heterocycles. The van der Waals surface area contributed by atoms with Crippen molar-refractivity contribution in [2.75, 3.05) is 12.3 Å². The van der Waals surface area contributed by atoms with Crippen LogP contribution in [0.3, 0.4) is 0 Å². The highest BCUT2D eigenvalue weighted by atomic mass is 79.9. The van der Waals surface area contributed by atoms with Crippen LogP contribution in [-0.2, 0) is 6.42 Å². The van der Waals surface area contributed by atoms with Gasteiger partial charge in [0.2, 0.25) is 0 Å². The Morgan fingerprint density at radius 1 is 1.14 bits per heavy atom. The first kappa shape index (κ1) is 16.9. The van der Waals surface area contributed by atoms with E-state index in [1.807, 2.05) is 36.0 Å². The highest BCUT2D eigenvalue weighted by molar-refractivity contribution is 9.10. The fourth-order valence-electron chi connectivity index (χ4n) is 2.16. The lowest BCUT2D eigenvalue weighted by molar-refractivity contribution is 0.572. The molecule has 0 aliphatic carbocycles. The van der Waals surface area contributed by atoms with Gasteiger partial charge in [-0.15, -0.1) is 11.8 Å². The lowest BCUT2D eigenvalue weighted by atomic mass is 10.1. The van der Waals surface area contributed by atoms with E-state index >= 15 is 0 Å². The molecule has 1 N–H and O–H groups in total. The van der Waals surface area contributed by atoms with Gasteiger partial charge in [0.05, 0.1) is 0 Å². The average molecular weight is 385 g/mol. The van der Waals surface area contributed by atoms with E-state index in [0.29, 0.717) is 6.04 Å². The standard InChI is InChI=1S/C17H19BrClNS/c1-2-20-14(11-13-7-3-5-9-16(13)19)12-21-17-10-6-4-8-15(17)18/h3-10,14,20H,2,11-12H2,1H3. The predicted molar refractivity (Wildman–Crippen MR) is 97.5 cm³/mol. The Morgan fingerprint density at radius 3 is 2.57 bits per heavy atom. The van der Waals surface area contributed by atoms with Crippen molar-refractivity contribution in [3.63, 3.8) is 0 Å². The van der Waals surface area contributed by atoms with Crippen molar-refractivity contribution < 1.29 is 0 Å². The van der Waals surface area contributed by atoms with Gasteiger partial charge in [-0.25, -0.2) is 0 Å². The SMILES string of the molecule is CCNC(CSc1ccccc1Br)Cc1ccccc1Cl. The number of rotatable bonds is 7. The van der Waals surface area contributed by atoms with E-state index in [4.69, 9.17) is 11.6 Å². The molecule has 0 amide bonds. The Balaban J connectivity index is 1.99. The summed E-state index contributed by atoms with van der Waals surface area (Å²) in [4.78, 5) is 1.28. The van der Waals surface area contributed by atoms with Crippen molar-refractivity contribution >= 4 is 39.3 Å². The van der Waals surface area contributed by atoms with Crippen LogP contribution in [0.25, 0.3) is 0 Å². The van der Waals surface area contributed by atoms with Gasteiger partial charge in [-0.3, -0.25) is 0 Å². The second kappa shape index (κ2) is 8.84. The Bertz CT molecular complexity index is 576. The quantitative estimate of drug-likeness (QED) is 0.640. The minimum absolute atomic E-state index is 0.409. The summed E-state index contributed by atoms with van der Waals surface area (Å²) in [7, 11) is 0. The Hall–Kier alpha value is -0.480. The molecule has 0 aromatic heterocycles. The number of likely N-dealkylation sites (N-methyl/N-ethyl adjacent to an activating group) is 1. The monoisotopic (exact) mass is 383 g/mol. The van der Waals surface area contributed by atoms with E-state index in [0.717, 1.165) is 28.2 Å². The lowest BCUT2D eigenvalue weighted by Gasteiger charge is -2.18. The van der Waals surface area contributed by atoms with Crippen LogP contribution in [-0.4, -0.2) is 18.3 Å². The first-order valence-electron chi connectivity index (χ1n) is 7.04. The van der Waals surface area contributed by atoms with Crippen molar-refractivity contribution in [2.24, 2.45) is 0 Å². The zero-order valence-corrected chi connectivity index (χ0v) is 15.1. The Morgan fingerprint density at radius 2 is 1.86 bits per heavy atom. The van der Waals surface area contributed by atoms with Crippen LogP contribution in [0.5, 0.6) is 0 Å². The van der Waals surface area contributed by atoms with Gasteiger partial charge in [0, 0.05) is 26.2 Å². The van der Waals surface area contributed by atoms with E-state index < -0.39 is 0 Å². The molecule has 112 valence electrons. The number of thioether (sulfide) groups is 1. The molecular weight excluding hydrogens is 366 g/mol. The summed E-state index contributed by atoms with van der Waals surface area (Å²) >= 11 is 11.7. The van der Waals surface area contributed by atoms with Gasteiger partial charge in [-0.2, -0.15) is 0 Å². The first-order valence-corrected chi connectivity index (χ1v) is 9.20. The summed E-state index contributed by atoms with van der Waals surface area (Å²) in [6.07, 6.45) is 0.949. The molecule has 0 spiro atoms. The number of benzene rings is 2. The minimum atomic E-state index is 0.409. The van der Waals surface area contributed by atoms with E-state index in [1.165, 1.54) is 10.5 Å². The number of nitrogens with one attached hydrogen (secondary N) is 1. The van der Waals surface area contributed by atoms with Crippen molar-refractivity contribution in [2.45, 2.75) is 24.3 Å². The highest BCUT2D eigenvalue weighted by Crippen LogP contribution is 2.28. The van der Waals surface area contributed by atoms with Gasteiger partial charge in [0.15, 0.2) is 0 Å². The van der Waals surface area contributed by atoms with Crippen LogP contribution < -0.4 is 5.32 Å². The number of hydrogen-bond acceptors (Lipinski definition) is 2. The van der Waals surface area contributed by atoms with E-state index in [2.05, 4.69) is 52.4 Å². The molecule has 0 radical (unpaired) electrons. The van der Waals surface area contributed by atoms with Crippen LogP contribution in [0.1, 0.15) is 12.5 Å². The maximum Gasteiger partial charge on any atom is 0.0438 e. The average Bonchev–Trinajstić information content (AvgIpc) is 2.48. The second-order valence-corrected chi connectivity index (χ2v) is 7.11. The van der Waals surface area contributed by atoms with Gasteiger partial charge in [0.25, 0.3) is 0 Å². The first-order chi connectivity index (χ1) is 10.2. The molecule has 1 unspecified atom stereocenters. The van der Waals surface area contributed by atoms with Crippen LogP contribution in [0, 0.1) is 0 Å². The molecule has 4 heteroatoms.